The minimum Gasteiger partial charge on any atom is -0.449 e. The first-order chi connectivity index (χ1) is 13.8. The van der Waals surface area contributed by atoms with Crippen LogP contribution >= 0.6 is 23.4 Å². The van der Waals surface area contributed by atoms with E-state index in [-0.39, 0.29) is 29.2 Å². The van der Waals surface area contributed by atoms with Crippen LogP contribution in [0.1, 0.15) is 0 Å². The van der Waals surface area contributed by atoms with E-state index in [1.807, 2.05) is 0 Å². The van der Waals surface area contributed by atoms with Crippen molar-refractivity contribution in [2.45, 2.75) is 11.4 Å². The SMILES string of the molecule is Nc1nc2cc(NCC(=O)NC3C(=O)N4C(OC(=O)O)=C(Cl)CS[C@@H]34)ccc2o1. The zero-order chi connectivity index (χ0) is 20.7. The number of anilines is 2. The van der Waals surface area contributed by atoms with Gasteiger partial charge in [-0.05, 0) is 18.2 Å². The fraction of sp³-hybridized carbons (Fsp3) is 0.250. The number of hydrogen-bond donors (Lipinski definition) is 4. The molecule has 29 heavy (non-hydrogen) atoms. The van der Waals surface area contributed by atoms with Crippen molar-refractivity contribution in [2.24, 2.45) is 0 Å². The fourth-order valence-electron chi connectivity index (χ4n) is 2.98. The third kappa shape index (κ3) is 3.63. The summed E-state index contributed by atoms with van der Waals surface area (Å²) in [5.41, 5.74) is 7.20. The monoisotopic (exact) mass is 439 g/mol. The number of nitrogens with one attached hydrogen (secondary N) is 2. The predicted octanol–water partition coefficient (Wildman–Crippen LogP) is 1.32. The molecule has 0 radical (unpaired) electrons. The van der Waals surface area contributed by atoms with E-state index in [4.69, 9.17) is 26.9 Å². The second-order valence-electron chi connectivity index (χ2n) is 6.12. The summed E-state index contributed by atoms with van der Waals surface area (Å²) in [6, 6.07) is 4.30. The van der Waals surface area contributed by atoms with Gasteiger partial charge in [0.2, 0.25) is 11.8 Å². The molecule has 2 atom stereocenters. The van der Waals surface area contributed by atoms with E-state index in [9.17, 15) is 14.4 Å². The molecule has 0 bridgehead atoms. The largest absolute Gasteiger partial charge is 0.512 e. The van der Waals surface area contributed by atoms with Gasteiger partial charge in [-0.1, -0.05) is 11.6 Å². The highest BCUT2D eigenvalue weighted by Gasteiger charge is 2.54. The molecule has 2 aliphatic heterocycles. The number of ether oxygens (including phenoxy) is 1. The van der Waals surface area contributed by atoms with Gasteiger partial charge in [-0.25, -0.2) is 4.79 Å². The van der Waals surface area contributed by atoms with Crippen molar-refractivity contribution in [1.29, 1.82) is 0 Å². The van der Waals surface area contributed by atoms with Crippen LogP contribution in [-0.4, -0.2) is 56.7 Å². The standard InChI is InChI=1S/C16H14ClN5O6S/c17-7-5-29-14-11(12(24)22(14)13(7)28-16(25)26)21-10(23)4-19-6-1-2-9-8(3-6)20-15(18)27-9/h1-3,11,14,19H,4-5H2,(H2,18,20)(H,21,23)(H,25,26)/t11?,14-/m0/s1. The van der Waals surface area contributed by atoms with E-state index in [1.54, 1.807) is 18.2 Å². The molecule has 1 aromatic heterocycles. The molecule has 5 N–H and O–H groups in total. The number of halogens is 1. The summed E-state index contributed by atoms with van der Waals surface area (Å²) in [4.78, 5) is 40.6. The van der Waals surface area contributed by atoms with E-state index in [2.05, 4.69) is 20.4 Å². The molecule has 0 saturated carbocycles. The first-order valence-corrected chi connectivity index (χ1v) is 9.69. The van der Waals surface area contributed by atoms with E-state index in [0.29, 0.717) is 16.8 Å². The van der Waals surface area contributed by atoms with Crippen molar-refractivity contribution in [3.05, 3.63) is 29.1 Å². The van der Waals surface area contributed by atoms with Gasteiger partial charge in [-0.3, -0.25) is 14.5 Å². The molecule has 11 nitrogen and oxygen atoms in total. The molecule has 1 saturated heterocycles. The molecule has 1 aromatic carbocycles. The number of carboxylic acid groups (broad SMARTS) is 1. The Morgan fingerprint density at radius 2 is 2.28 bits per heavy atom. The highest BCUT2D eigenvalue weighted by molar-refractivity contribution is 8.00. The lowest BCUT2D eigenvalue weighted by molar-refractivity contribution is -0.148. The molecule has 2 aromatic rings. The third-order valence-corrected chi connectivity index (χ3v) is 5.97. The average Bonchev–Trinajstić information content (AvgIpc) is 3.04. The van der Waals surface area contributed by atoms with E-state index in [0.717, 1.165) is 4.90 Å². The number of nitrogens with two attached hydrogens (primary N) is 1. The molecule has 1 unspecified atom stereocenters. The van der Waals surface area contributed by atoms with Gasteiger partial charge in [-0.15, -0.1) is 11.8 Å². The first-order valence-electron chi connectivity index (χ1n) is 8.27. The highest BCUT2D eigenvalue weighted by atomic mass is 35.5. The number of β-lactam (4-membered cyclic amide) rings is 1. The lowest BCUT2D eigenvalue weighted by atomic mass is 10.1. The van der Waals surface area contributed by atoms with Gasteiger partial charge >= 0.3 is 6.16 Å². The number of amides is 2. The van der Waals surface area contributed by atoms with Gasteiger partial charge in [-0.2, -0.15) is 4.98 Å². The third-order valence-electron chi connectivity index (χ3n) is 4.23. The summed E-state index contributed by atoms with van der Waals surface area (Å²) >= 11 is 7.26. The van der Waals surface area contributed by atoms with E-state index >= 15 is 0 Å². The number of thioether (sulfide) groups is 1. The summed E-state index contributed by atoms with van der Waals surface area (Å²) < 4.78 is 9.79. The maximum absolute atomic E-state index is 12.4. The molecule has 13 heteroatoms. The van der Waals surface area contributed by atoms with E-state index in [1.165, 1.54) is 11.8 Å². The van der Waals surface area contributed by atoms with Gasteiger partial charge in [0.15, 0.2) is 5.58 Å². The number of nitrogen functional groups attached to an aromatic ring is 1. The Hall–Kier alpha value is -3.12. The predicted molar refractivity (Wildman–Crippen MR) is 104 cm³/mol. The van der Waals surface area contributed by atoms with Crippen LogP contribution in [0.4, 0.5) is 16.5 Å². The molecule has 0 aliphatic carbocycles. The Morgan fingerprint density at radius 1 is 1.48 bits per heavy atom. The normalized spacial score (nSPS) is 20.9. The first kappa shape index (κ1) is 19.2. The van der Waals surface area contributed by atoms with Crippen molar-refractivity contribution in [3.63, 3.8) is 0 Å². The minimum atomic E-state index is -1.57. The minimum absolute atomic E-state index is 0.0494. The Balaban J connectivity index is 1.35. The molecule has 152 valence electrons. The molecule has 4 rings (SSSR count). The number of aromatic nitrogens is 1. The molecule has 0 spiro atoms. The van der Waals surface area contributed by atoms with Crippen LogP contribution in [0.5, 0.6) is 0 Å². The summed E-state index contributed by atoms with van der Waals surface area (Å²) in [7, 11) is 0. The van der Waals surface area contributed by atoms with Crippen molar-refractivity contribution in [1.82, 2.24) is 15.2 Å². The number of hydrogen-bond acceptors (Lipinski definition) is 9. The Bertz CT molecular complexity index is 1060. The number of carbonyl (C=O) groups excluding carboxylic acids is 2. The Morgan fingerprint density at radius 3 is 3.03 bits per heavy atom. The maximum atomic E-state index is 12.4. The van der Waals surface area contributed by atoms with Gasteiger partial charge < -0.3 is 30.6 Å². The lowest BCUT2D eigenvalue weighted by Gasteiger charge is -2.48. The summed E-state index contributed by atoms with van der Waals surface area (Å²) in [5, 5.41) is 14.0. The topological polar surface area (TPSA) is 160 Å². The van der Waals surface area contributed by atoms with Gasteiger partial charge in [0.05, 0.1) is 11.6 Å². The maximum Gasteiger partial charge on any atom is 0.512 e. The Kier molecular flexibility index (Phi) is 4.88. The molecule has 2 aliphatic rings. The van der Waals surface area contributed by atoms with Gasteiger partial charge in [0.1, 0.15) is 16.9 Å². The number of nitrogens with zero attached hydrogens (tertiary/aromatic N) is 2. The summed E-state index contributed by atoms with van der Waals surface area (Å²) in [5.74, 6) is -0.852. The smallest absolute Gasteiger partial charge is 0.449 e. The van der Waals surface area contributed by atoms with Crippen LogP contribution in [0.25, 0.3) is 11.1 Å². The zero-order valence-electron chi connectivity index (χ0n) is 14.5. The molecule has 3 heterocycles. The van der Waals surface area contributed by atoms with E-state index < -0.39 is 29.4 Å². The van der Waals surface area contributed by atoms with Crippen molar-refractivity contribution in [3.8, 4) is 0 Å². The second-order valence-corrected chi connectivity index (χ2v) is 7.68. The summed E-state index contributed by atoms with van der Waals surface area (Å²) in [6.45, 7) is -0.0882. The quantitative estimate of drug-likeness (QED) is 0.395. The van der Waals surface area contributed by atoms with Crippen LogP contribution in [0.15, 0.2) is 33.5 Å². The molecule has 1 fully saturated rings. The Labute approximate surface area is 172 Å². The summed E-state index contributed by atoms with van der Waals surface area (Å²) in [6.07, 6.45) is -1.57. The van der Waals surface area contributed by atoms with Crippen molar-refractivity contribution < 1.29 is 28.6 Å². The number of rotatable bonds is 5. The number of oxazole rings is 1. The molecular formula is C16H14ClN5O6S. The van der Waals surface area contributed by atoms with Crippen molar-refractivity contribution >= 4 is 64.1 Å². The number of benzene rings is 1. The van der Waals surface area contributed by atoms with Crippen LogP contribution in [0.2, 0.25) is 0 Å². The second kappa shape index (κ2) is 7.37. The van der Waals surface area contributed by atoms with Crippen LogP contribution in [0.3, 0.4) is 0 Å². The fourth-order valence-corrected chi connectivity index (χ4v) is 4.47. The number of carbonyl (C=O) groups is 3. The average molecular weight is 440 g/mol. The molecule has 2 amide bonds. The van der Waals surface area contributed by atoms with Crippen LogP contribution in [-0.2, 0) is 14.3 Å². The highest BCUT2D eigenvalue weighted by Crippen LogP contribution is 2.41. The van der Waals surface area contributed by atoms with Crippen LogP contribution < -0.4 is 16.4 Å². The number of fused-ring (bicyclic) bond motifs is 2. The molecular weight excluding hydrogens is 426 g/mol. The van der Waals surface area contributed by atoms with Crippen LogP contribution in [0, 0.1) is 0 Å². The van der Waals surface area contributed by atoms with Gasteiger partial charge in [0, 0.05) is 11.4 Å². The van der Waals surface area contributed by atoms with Gasteiger partial charge in [0.25, 0.3) is 11.9 Å². The zero-order valence-corrected chi connectivity index (χ0v) is 16.1. The van der Waals surface area contributed by atoms with Crippen molar-refractivity contribution in [2.75, 3.05) is 23.3 Å². The lowest BCUT2D eigenvalue weighted by Crippen LogP contribution is -2.70.